The van der Waals surface area contributed by atoms with Crippen molar-refractivity contribution >= 4 is 90.1 Å². The van der Waals surface area contributed by atoms with Crippen molar-refractivity contribution in [1.82, 2.24) is 4.57 Å². The highest BCUT2D eigenvalue weighted by Gasteiger charge is 2.64. The quantitative estimate of drug-likeness (QED) is 0.165. The van der Waals surface area contributed by atoms with Crippen LogP contribution >= 0.6 is 0 Å². The predicted octanol–water partition coefficient (Wildman–Crippen LogP) is 19.5. The van der Waals surface area contributed by atoms with E-state index in [-0.39, 0.29) is 56.3 Å². The summed E-state index contributed by atoms with van der Waals surface area (Å²) in [5, 5.41) is 3.69. The Kier molecular flexibility index (Phi) is 10.7. The molecule has 0 radical (unpaired) electrons. The van der Waals surface area contributed by atoms with Gasteiger partial charge in [0, 0.05) is 83.6 Å². The first kappa shape index (κ1) is 54.0. The number of furan rings is 1. The van der Waals surface area contributed by atoms with E-state index in [4.69, 9.17) is 4.42 Å². The van der Waals surface area contributed by atoms with Gasteiger partial charge in [-0.15, -0.1) is 0 Å². The summed E-state index contributed by atoms with van der Waals surface area (Å²) in [5.41, 5.74) is 27.1. The van der Waals surface area contributed by atoms with Crippen molar-refractivity contribution in [2.45, 2.75) is 194 Å². The van der Waals surface area contributed by atoms with Crippen molar-refractivity contribution < 1.29 is 4.42 Å². The molecule has 7 aromatic carbocycles. The summed E-state index contributed by atoms with van der Waals surface area (Å²) in [7, 11) is 0. The van der Waals surface area contributed by atoms with Gasteiger partial charge in [-0.05, 0) is 160 Å². The number of aromatic nitrogens is 1. The van der Waals surface area contributed by atoms with Crippen LogP contribution < -0.4 is 31.1 Å². The van der Waals surface area contributed by atoms with Gasteiger partial charge >= 0.3 is 0 Å². The lowest BCUT2D eigenvalue weighted by Gasteiger charge is -2.51. The molecule has 0 N–H and O–H groups in total. The highest BCUT2D eigenvalue weighted by molar-refractivity contribution is 7.00. The first-order chi connectivity index (χ1) is 41.3. The molecule has 6 unspecified atom stereocenters. The van der Waals surface area contributed by atoms with Crippen LogP contribution in [-0.4, -0.2) is 28.4 Å². The molecule has 4 aliphatic carbocycles. The van der Waals surface area contributed by atoms with E-state index in [0.717, 1.165) is 40.5 Å². The summed E-state index contributed by atoms with van der Waals surface area (Å²) in [5.74, 6) is 0.368. The minimum absolute atomic E-state index is 0.0258. The highest BCUT2D eigenvalue weighted by Crippen LogP contribution is 2.65. The Morgan fingerprint density at radius 3 is 2.02 bits per heavy atom. The van der Waals surface area contributed by atoms with Crippen LogP contribution in [-0.2, 0) is 21.7 Å². The van der Waals surface area contributed by atoms with E-state index in [1.165, 1.54) is 145 Å². The maximum Gasteiger partial charge on any atom is 0.252 e. The summed E-state index contributed by atoms with van der Waals surface area (Å²) in [6, 6.07) is 51.2. The van der Waals surface area contributed by atoms with Crippen LogP contribution in [0.2, 0.25) is 0 Å². The summed E-state index contributed by atoms with van der Waals surface area (Å²) >= 11 is 0. The van der Waals surface area contributed by atoms with Gasteiger partial charge in [-0.1, -0.05) is 213 Å². The van der Waals surface area contributed by atoms with Crippen molar-refractivity contribution in [2.24, 2.45) is 16.7 Å². The zero-order chi connectivity index (χ0) is 60.2. The standard InChI is InChI=1S/C81H87BN4O/c1-74(2,3)48-31-35-62-58(42-48)78(12)37-20-22-39-80(78,14)85(62)51-33-34-60-65(45-51)83(64-29-24-27-54-53-25-17-19-30-68(53)87-73(54)64)66-46-52(86-63-36-32-49(75(4,5)6)43-59(63)79(13)38-21-23-40-81(79,86)15)47-67-70(66)82(60)61-44-50(76(7,8)9)41-56-69-72(84(67)71(56)61)55-26-16-18-28-57(55)77(69,10)11/h16-19,24-36,41-47,59,63H,20-23,37-40H2,1-15H3. The average molecular weight is 1140 g/mol. The van der Waals surface area contributed by atoms with E-state index in [2.05, 4.69) is 269 Å². The molecule has 440 valence electrons. The molecular formula is C81H87BN4O. The van der Waals surface area contributed by atoms with Crippen molar-refractivity contribution in [2.75, 3.05) is 14.7 Å². The van der Waals surface area contributed by atoms with Gasteiger partial charge in [-0.2, -0.15) is 0 Å². The molecule has 4 aliphatic heterocycles. The van der Waals surface area contributed by atoms with Crippen LogP contribution in [0.5, 0.6) is 0 Å². The fraction of sp³-hybridized carbons (Fsp3) is 0.407. The Morgan fingerprint density at radius 1 is 0.540 bits per heavy atom. The number of allylic oxidation sites excluding steroid dienone is 2. The van der Waals surface area contributed by atoms with E-state index in [1.807, 2.05) is 0 Å². The Balaban J connectivity index is 1.02. The molecule has 9 aromatic rings. The smallest absolute Gasteiger partial charge is 0.252 e. The van der Waals surface area contributed by atoms with Gasteiger partial charge in [0.1, 0.15) is 5.58 Å². The third-order valence-electron chi connectivity index (χ3n) is 24.8. The SMILES string of the molecule is CC(C)(C)C1=CC2C(C=C1)N(c1cc3c4c(c1)-n1c5c(c6cc(C(C)(C)C)cc(c61)B4c1ccc(N4c6ccc(C(C)(C)C)cc6C6(C)CCCCC46C)cc1N3c1cccc3c1oc1ccccc13)C(C)(C)c1ccccc1-5)C1(C)CCCCC21C. The molecule has 6 heterocycles. The van der Waals surface area contributed by atoms with Crippen molar-refractivity contribution in [3.63, 3.8) is 0 Å². The number of anilines is 6. The molecule has 6 heteroatoms. The molecule has 2 aromatic heterocycles. The molecule has 6 atom stereocenters. The summed E-state index contributed by atoms with van der Waals surface area (Å²) in [6.07, 6.45) is 17.5. The second-order valence-electron chi connectivity index (χ2n) is 32.7. The van der Waals surface area contributed by atoms with Crippen molar-refractivity contribution in [3.8, 4) is 16.9 Å². The zero-order valence-electron chi connectivity index (χ0n) is 54.4. The van der Waals surface area contributed by atoms with Crippen molar-refractivity contribution in [1.29, 1.82) is 0 Å². The zero-order valence-corrected chi connectivity index (χ0v) is 54.4. The fourth-order valence-corrected chi connectivity index (χ4v) is 19.7. The van der Waals surface area contributed by atoms with E-state index >= 15 is 0 Å². The molecule has 8 aliphatic rings. The number of hydrogen-bond acceptors (Lipinski definition) is 4. The minimum atomic E-state index is -0.230. The normalized spacial score (nSPS) is 26.4. The number of para-hydroxylation sites is 2. The van der Waals surface area contributed by atoms with Crippen LogP contribution in [0.15, 0.2) is 156 Å². The second kappa shape index (κ2) is 17.2. The molecule has 87 heavy (non-hydrogen) atoms. The molecule has 0 spiro atoms. The Bertz CT molecular complexity index is 4580. The van der Waals surface area contributed by atoms with Crippen molar-refractivity contribution in [3.05, 3.63) is 179 Å². The number of fused-ring (bicyclic) bond motifs is 18. The lowest BCUT2D eigenvalue weighted by molar-refractivity contribution is 0.0976. The topological polar surface area (TPSA) is 27.8 Å². The van der Waals surface area contributed by atoms with Gasteiger partial charge in [0.15, 0.2) is 5.58 Å². The maximum atomic E-state index is 7.30. The molecule has 1 saturated heterocycles. The Hall–Kier alpha value is -7.18. The van der Waals surface area contributed by atoms with Crippen LogP contribution in [0.25, 0.3) is 49.8 Å². The molecule has 5 nitrogen and oxygen atoms in total. The Morgan fingerprint density at radius 2 is 1.24 bits per heavy atom. The lowest BCUT2D eigenvalue weighted by atomic mass is 9.33. The number of benzene rings is 7. The van der Waals surface area contributed by atoms with Gasteiger partial charge in [-0.3, -0.25) is 0 Å². The van der Waals surface area contributed by atoms with Crippen LogP contribution in [0.4, 0.5) is 34.1 Å². The van der Waals surface area contributed by atoms with E-state index in [0.29, 0.717) is 5.92 Å². The van der Waals surface area contributed by atoms with Crippen LogP contribution in [0, 0.1) is 16.7 Å². The maximum absolute atomic E-state index is 7.30. The number of nitrogens with zero attached hydrogens (tertiary/aromatic N) is 4. The number of rotatable bonds is 3. The first-order valence-electron chi connectivity index (χ1n) is 33.3. The fourth-order valence-electron chi connectivity index (χ4n) is 19.7. The molecule has 0 amide bonds. The van der Waals surface area contributed by atoms with E-state index < -0.39 is 0 Å². The van der Waals surface area contributed by atoms with Gasteiger partial charge in [0.2, 0.25) is 0 Å². The monoisotopic (exact) mass is 1140 g/mol. The lowest BCUT2D eigenvalue weighted by Crippen LogP contribution is -2.61. The van der Waals surface area contributed by atoms with E-state index in [9.17, 15) is 0 Å². The highest BCUT2D eigenvalue weighted by atomic mass is 16.3. The third-order valence-corrected chi connectivity index (χ3v) is 24.8. The molecular weight excluding hydrogens is 1060 g/mol. The number of hydrogen-bond donors (Lipinski definition) is 0. The molecule has 0 bridgehead atoms. The van der Waals surface area contributed by atoms with Gasteiger partial charge in [0.25, 0.3) is 6.71 Å². The van der Waals surface area contributed by atoms with E-state index in [1.54, 1.807) is 0 Å². The molecule has 17 rings (SSSR count). The summed E-state index contributed by atoms with van der Waals surface area (Å²) in [6.45, 7) is 37.1. The Labute approximate surface area is 517 Å². The second-order valence-corrected chi connectivity index (χ2v) is 32.7. The molecule has 2 saturated carbocycles. The third kappa shape index (κ3) is 6.79. The average Bonchev–Trinajstić information content (AvgIpc) is 1.59. The summed E-state index contributed by atoms with van der Waals surface area (Å²) < 4.78 is 10.1. The summed E-state index contributed by atoms with van der Waals surface area (Å²) in [4.78, 5) is 8.52. The van der Waals surface area contributed by atoms with Gasteiger partial charge in [0.05, 0.1) is 23.0 Å². The predicted molar refractivity (Wildman–Crippen MR) is 369 cm³/mol. The van der Waals surface area contributed by atoms with Crippen LogP contribution in [0.1, 0.15) is 183 Å². The van der Waals surface area contributed by atoms with Gasteiger partial charge in [-0.25, -0.2) is 0 Å². The molecule has 3 fully saturated rings. The van der Waals surface area contributed by atoms with Crippen LogP contribution in [0.3, 0.4) is 0 Å². The minimum Gasteiger partial charge on any atom is -0.454 e. The van der Waals surface area contributed by atoms with Gasteiger partial charge < -0.3 is 23.7 Å². The first-order valence-corrected chi connectivity index (χ1v) is 33.3. The largest absolute Gasteiger partial charge is 0.454 e.